The molecule has 0 aliphatic carbocycles. The van der Waals surface area contributed by atoms with Gasteiger partial charge < -0.3 is 19.5 Å². The van der Waals surface area contributed by atoms with Crippen molar-refractivity contribution in [2.75, 3.05) is 13.2 Å². The molecule has 2 N–H and O–H groups in total. The Hall–Kier alpha value is -1.80. The van der Waals surface area contributed by atoms with Gasteiger partial charge in [-0.05, 0) is 18.9 Å². The minimum atomic E-state index is -3.64. The molecule has 1 atom stereocenters. The third-order valence-corrected chi connectivity index (χ3v) is 6.20. The molecule has 2 rings (SSSR count). The fourth-order valence-corrected chi connectivity index (χ4v) is 4.76. The summed E-state index contributed by atoms with van der Waals surface area (Å²) < 4.78 is 30.6. The minimum Gasteiger partial charge on any atom is -0.440 e. The zero-order chi connectivity index (χ0) is 18.3. The lowest BCUT2D eigenvalue weighted by atomic mass is 10.0. The lowest BCUT2D eigenvalue weighted by Gasteiger charge is -2.31. The van der Waals surface area contributed by atoms with Gasteiger partial charge in [0.05, 0.1) is 13.2 Å². The molecule has 0 bridgehead atoms. The van der Waals surface area contributed by atoms with E-state index >= 15 is 0 Å². The Kier molecular flexibility index (Phi) is 7.07. The number of allylic oxidation sites excluding steroid dienone is 1. The van der Waals surface area contributed by atoms with Crippen LogP contribution in [0.25, 0.3) is 0 Å². The van der Waals surface area contributed by atoms with E-state index in [9.17, 15) is 9.83 Å². The van der Waals surface area contributed by atoms with Crippen molar-refractivity contribution < 1.29 is 18.3 Å². The average Bonchev–Trinajstić information content (AvgIpc) is 2.61. The molecular weight excluding hydrogens is 339 g/mol. The molecule has 1 unspecified atom stereocenters. The van der Waals surface area contributed by atoms with Crippen molar-refractivity contribution in [2.24, 2.45) is 5.73 Å². The van der Waals surface area contributed by atoms with Gasteiger partial charge in [0.2, 0.25) is 5.88 Å². The molecule has 6 nitrogen and oxygen atoms in total. The SMILES string of the molecule is CCCCOP(=O)(OCCCC)C1C(C#N)=C(N)Oc2ccccc21. The van der Waals surface area contributed by atoms with Gasteiger partial charge in [-0.25, -0.2) is 0 Å². The van der Waals surface area contributed by atoms with E-state index in [0.29, 0.717) is 24.5 Å². The van der Waals surface area contributed by atoms with Gasteiger partial charge >= 0.3 is 7.60 Å². The van der Waals surface area contributed by atoms with Crippen LogP contribution in [0.2, 0.25) is 0 Å². The topological polar surface area (TPSA) is 94.6 Å². The number of nitriles is 1. The first kappa shape index (κ1) is 19.5. The van der Waals surface area contributed by atoms with Crippen LogP contribution in [0, 0.1) is 11.3 Å². The van der Waals surface area contributed by atoms with Crippen molar-refractivity contribution >= 4 is 7.60 Å². The maximum atomic E-state index is 13.7. The van der Waals surface area contributed by atoms with Crippen molar-refractivity contribution in [3.63, 3.8) is 0 Å². The third kappa shape index (κ3) is 4.43. The van der Waals surface area contributed by atoms with Crippen LogP contribution in [0.15, 0.2) is 35.7 Å². The molecule has 1 aromatic rings. The second kappa shape index (κ2) is 9.05. The Morgan fingerprint density at radius 1 is 1.20 bits per heavy atom. The zero-order valence-corrected chi connectivity index (χ0v) is 15.6. The first-order chi connectivity index (χ1) is 12.1. The van der Waals surface area contributed by atoms with E-state index in [4.69, 9.17) is 19.5 Å². The maximum absolute atomic E-state index is 13.7. The number of fused-ring (bicyclic) bond motifs is 1. The van der Waals surface area contributed by atoms with Gasteiger partial charge in [0, 0.05) is 5.56 Å². The molecule has 7 heteroatoms. The smallest absolute Gasteiger partial charge is 0.343 e. The molecule has 0 fully saturated rings. The van der Waals surface area contributed by atoms with Gasteiger partial charge in [0.1, 0.15) is 23.1 Å². The molecule has 136 valence electrons. The number of nitrogens with zero attached hydrogens (tertiary/aromatic N) is 1. The zero-order valence-electron chi connectivity index (χ0n) is 14.7. The van der Waals surface area contributed by atoms with Gasteiger partial charge in [0.25, 0.3) is 0 Å². The summed E-state index contributed by atoms with van der Waals surface area (Å²) in [5, 5.41) is 9.56. The van der Waals surface area contributed by atoms with Crippen LogP contribution in [0.4, 0.5) is 0 Å². The average molecular weight is 364 g/mol. The van der Waals surface area contributed by atoms with E-state index in [-0.39, 0.29) is 11.5 Å². The second-order valence-electron chi connectivity index (χ2n) is 5.85. The lowest BCUT2D eigenvalue weighted by Crippen LogP contribution is -2.22. The number of hydrogen-bond acceptors (Lipinski definition) is 6. The molecule has 25 heavy (non-hydrogen) atoms. The highest BCUT2D eigenvalue weighted by Gasteiger charge is 2.45. The standard InChI is InChI=1S/C18H25N2O4P/c1-3-5-11-22-25(21,23-12-6-4-2)17-14-9-7-8-10-16(14)24-18(20)15(17)13-19/h7-10,17H,3-6,11-12,20H2,1-2H3. The first-order valence-corrected chi connectivity index (χ1v) is 10.2. The summed E-state index contributed by atoms with van der Waals surface area (Å²) in [6.45, 7) is 4.65. The number of rotatable bonds is 9. The van der Waals surface area contributed by atoms with Crippen molar-refractivity contribution in [3.05, 3.63) is 41.3 Å². The van der Waals surface area contributed by atoms with E-state index in [1.807, 2.05) is 19.9 Å². The molecule has 0 aromatic heterocycles. The normalized spacial score (nSPS) is 16.9. The lowest BCUT2D eigenvalue weighted by molar-refractivity contribution is 0.193. The summed E-state index contributed by atoms with van der Waals surface area (Å²) in [6.07, 6.45) is 3.32. The molecule has 0 saturated carbocycles. The van der Waals surface area contributed by atoms with Gasteiger partial charge in [-0.2, -0.15) is 5.26 Å². The van der Waals surface area contributed by atoms with Crippen LogP contribution >= 0.6 is 7.60 Å². The minimum absolute atomic E-state index is 0.0513. The first-order valence-electron chi connectivity index (χ1n) is 8.62. The van der Waals surface area contributed by atoms with Crippen LogP contribution in [-0.4, -0.2) is 13.2 Å². The number of nitrogens with two attached hydrogens (primary N) is 1. The van der Waals surface area contributed by atoms with E-state index in [1.54, 1.807) is 24.3 Å². The largest absolute Gasteiger partial charge is 0.440 e. The van der Waals surface area contributed by atoms with Crippen LogP contribution in [0.5, 0.6) is 5.75 Å². The van der Waals surface area contributed by atoms with Crippen molar-refractivity contribution in [2.45, 2.75) is 45.2 Å². The number of unbranched alkanes of at least 4 members (excludes halogenated alkanes) is 2. The molecule has 1 aromatic carbocycles. The van der Waals surface area contributed by atoms with Gasteiger partial charge in [-0.1, -0.05) is 44.9 Å². The summed E-state index contributed by atoms with van der Waals surface area (Å²) in [7, 11) is -3.64. The number of benzene rings is 1. The van der Waals surface area contributed by atoms with Gasteiger partial charge in [-0.15, -0.1) is 0 Å². The van der Waals surface area contributed by atoms with Crippen molar-refractivity contribution in [1.82, 2.24) is 0 Å². The number of hydrogen-bond donors (Lipinski definition) is 1. The van der Waals surface area contributed by atoms with Crippen LogP contribution < -0.4 is 10.5 Å². The Morgan fingerprint density at radius 3 is 2.36 bits per heavy atom. The molecule has 1 heterocycles. The molecule has 1 aliphatic heterocycles. The van der Waals surface area contributed by atoms with Crippen molar-refractivity contribution in [1.29, 1.82) is 5.26 Å². The Morgan fingerprint density at radius 2 is 1.80 bits per heavy atom. The molecule has 1 aliphatic rings. The molecule has 0 radical (unpaired) electrons. The summed E-state index contributed by atoms with van der Waals surface area (Å²) >= 11 is 0. The number of para-hydroxylation sites is 1. The fraction of sp³-hybridized carbons (Fsp3) is 0.500. The summed E-state index contributed by atoms with van der Waals surface area (Å²) in [5.41, 5.74) is 5.73. The highest BCUT2D eigenvalue weighted by molar-refractivity contribution is 7.54. The van der Waals surface area contributed by atoms with Crippen molar-refractivity contribution in [3.8, 4) is 11.8 Å². The van der Waals surface area contributed by atoms with E-state index < -0.39 is 13.3 Å². The fourth-order valence-electron chi connectivity index (χ4n) is 2.57. The molecular formula is C18H25N2O4P. The Balaban J connectivity index is 2.45. The van der Waals surface area contributed by atoms with Crippen LogP contribution in [-0.2, 0) is 13.6 Å². The van der Waals surface area contributed by atoms with Crippen LogP contribution in [0.3, 0.4) is 0 Å². The predicted molar refractivity (Wildman–Crippen MR) is 96.0 cm³/mol. The highest BCUT2D eigenvalue weighted by Crippen LogP contribution is 2.66. The highest BCUT2D eigenvalue weighted by atomic mass is 31.2. The number of ether oxygens (including phenoxy) is 1. The Labute approximate surface area is 149 Å². The van der Waals surface area contributed by atoms with Crippen LogP contribution in [0.1, 0.15) is 50.8 Å². The van der Waals surface area contributed by atoms with E-state index in [2.05, 4.69) is 0 Å². The quantitative estimate of drug-likeness (QED) is 0.507. The summed E-state index contributed by atoms with van der Waals surface area (Å²) in [6, 6.07) is 9.12. The third-order valence-electron chi connectivity index (χ3n) is 3.95. The van der Waals surface area contributed by atoms with E-state index in [1.165, 1.54) is 0 Å². The maximum Gasteiger partial charge on any atom is 0.343 e. The summed E-state index contributed by atoms with van der Waals surface area (Å²) in [4.78, 5) is 0. The molecule has 0 amide bonds. The summed E-state index contributed by atoms with van der Waals surface area (Å²) in [5.74, 6) is 0.423. The van der Waals surface area contributed by atoms with E-state index in [0.717, 1.165) is 25.7 Å². The molecule has 0 spiro atoms. The Bertz CT molecular complexity index is 697. The second-order valence-corrected chi connectivity index (χ2v) is 7.96. The predicted octanol–water partition coefficient (Wildman–Crippen LogP) is 4.64. The monoisotopic (exact) mass is 364 g/mol. The molecule has 0 saturated heterocycles. The van der Waals surface area contributed by atoms with Gasteiger partial charge in [-0.3, -0.25) is 4.57 Å². The van der Waals surface area contributed by atoms with Gasteiger partial charge in [0.15, 0.2) is 0 Å².